The van der Waals surface area contributed by atoms with Crippen LogP contribution >= 0.6 is 15.9 Å². The minimum absolute atomic E-state index is 0.298. The molecule has 0 spiro atoms. The lowest BCUT2D eigenvalue weighted by molar-refractivity contribution is 0.0956. The second-order valence-electron chi connectivity index (χ2n) is 9.74. The van der Waals surface area contributed by atoms with Gasteiger partial charge >= 0.3 is 0 Å². The topological polar surface area (TPSA) is 85.8 Å². The largest absolute Gasteiger partial charge is 0.375 e. The molecule has 0 aliphatic heterocycles. The Morgan fingerprint density at radius 3 is 2.37 bits per heavy atom. The van der Waals surface area contributed by atoms with Gasteiger partial charge in [-0.25, -0.2) is 5.43 Å². The Morgan fingerprint density at radius 2 is 1.63 bits per heavy atom. The number of halogens is 1. The zero-order chi connectivity index (χ0) is 29.0. The van der Waals surface area contributed by atoms with Crippen LogP contribution < -0.4 is 21.0 Å². The number of para-hydroxylation sites is 1. The van der Waals surface area contributed by atoms with Crippen molar-refractivity contribution in [2.75, 3.05) is 30.4 Å². The Morgan fingerprint density at radius 1 is 0.902 bits per heavy atom. The summed E-state index contributed by atoms with van der Waals surface area (Å²) in [6, 6.07) is 30.7. The predicted octanol–water partition coefficient (Wildman–Crippen LogP) is 6.39. The van der Waals surface area contributed by atoms with E-state index >= 15 is 0 Å². The number of anilines is 2. The molecule has 0 atom stereocenters. The monoisotopic (exact) mass is 611 g/mol. The van der Waals surface area contributed by atoms with E-state index in [1.165, 1.54) is 5.69 Å². The van der Waals surface area contributed by atoms with Crippen molar-refractivity contribution in [2.24, 2.45) is 5.10 Å². The molecule has 7 nitrogen and oxygen atoms in total. The van der Waals surface area contributed by atoms with Crippen molar-refractivity contribution in [3.8, 4) is 0 Å². The number of hydrogen-bond donors (Lipinski definition) is 3. The van der Waals surface area contributed by atoms with Crippen LogP contribution in [0.15, 0.2) is 107 Å². The first-order chi connectivity index (χ1) is 19.9. The summed E-state index contributed by atoms with van der Waals surface area (Å²) in [5.41, 5.74) is 8.06. The van der Waals surface area contributed by atoms with Crippen LogP contribution in [0.3, 0.4) is 0 Å². The molecule has 0 fully saturated rings. The van der Waals surface area contributed by atoms with E-state index in [0.717, 1.165) is 42.7 Å². The van der Waals surface area contributed by atoms with Crippen LogP contribution in [0, 0.1) is 6.92 Å². The first kappa shape index (κ1) is 29.7. The van der Waals surface area contributed by atoms with Crippen LogP contribution in [0.1, 0.15) is 43.8 Å². The fourth-order valence-corrected chi connectivity index (χ4v) is 4.51. The number of nitrogens with one attached hydrogen (secondary N) is 3. The molecule has 4 rings (SSSR count). The number of amides is 2. The van der Waals surface area contributed by atoms with Crippen molar-refractivity contribution in [1.29, 1.82) is 0 Å². The SMILES string of the molecule is Cc1ccc(C=NNC(=O)c2cc(Br)ccc2NC(=O)c2ccc(CNCCCN(C)c3ccccc3)cc2)cc1. The lowest BCUT2D eigenvalue weighted by atomic mass is 10.1. The number of aryl methyl sites for hydroxylation is 1. The molecular formula is C33H34BrN5O2. The molecule has 0 aliphatic rings. The molecule has 210 valence electrons. The third-order valence-corrected chi connectivity index (χ3v) is 7.01. The molecule has 2 amide bonds. The Bertz CT molecular complexity index is 1470. The summed E-state index contributed by atoms with van der Waals surface area (Å²) in [6.07, 6.45) is 2.60. The van der Waals surface area contributed by atoms with Crippen molar-refractivity contribution in [3.63, 3.8) is 0 Å². The second kappa shape index (κ2) is 14.9. The predicted molar refractivity (Wildman–Crippen MR) is 171 cm³/mol. The van der Waals surface area contributed by atoms with E-state index in [0.29, 0.717) is 21.3 Å². The van der Waals surface area contributed by atoms with Gasteiger partial charge in [-0.05, 0) is 73.5 Å². The fourth-order valence-electron chi connectivity index (χ4n) is 4.15. The number of carbonyl (C=O) groups is 2. The first-order valence-corrected chi connectivity index (χ1v) is 14.2. The summed E-state index contributed by atoms with van der Waals surface area (Å²) in [4.78, 5) is 28.1. The van der Waals surface area contributed by atoms with Crippen molar-refractivity contribution in [3.05, 3.63) is 129 Å². The molecule has 0 saturated heterocycles. The lowest BCUT2D eigenvalue weighted by Crippen LogP contribution is -2.23. The van der Waals surface area contributed by atoms with E-state index < -0.39 is 5.91 Å². The van der Waals surface area contributed by atoms with Crippen molar-refractivity contribution in [1.82, 2.24) is 10.7 Å². The fraction of sp³-hybridized carbons (Fsp3) is 0.182. The Labute approximate surface area is 249 Å². The standard InChI is InChI=1S/C33H34BrN5O2/c1-24-9-11-26(12-10-24)23-36-38-33(41)30-21-28(34)17-18-31(30)37-32(40)27-15-13-25(14-16-27)22-35-19-6-20-39(2)29-7-4-3-5-8-29/h3-5,7-18,21,23,35H,6,19-20,22H2,1-2H3,(H,37,40)(H,38,41). The first-order valence-electron chi connectivity index (χ1n) is 13.5. The van der Waals surface area contributed by atoms with Gasteiger partial charge in [0.2, 0.25) is 0 Å². The van der Waals surface area contributed by atoms with E-state index in [2.05, 4.69) is 61.2 Å². The van der Waals surface area contributed by atoms with Gasteiger partial charge in [0.15, 0.2) is 0 Å². The summed E-state index contributed by atoms with van der Waals surface area (Å²) < 4.78 is 0.715. The van der Waals surface area contributed by atoms with Crippen molar-refractivity contribution in [2.45, 2.75) is 19.9 Å². The Kier molecular flexibility index (Phi) is 10.8. The number of rotatable bonds is 12. The normalized spacial score (nSPS) is 10.9. The highest BCUT2D eigenvalue weighted by molar-refractivity contribution is 9.10. The summed E-state index contributed by atoms with van der Waals surface area (Å²) in [7, 11) is 2.10. The molecule has 0 aliphatic carbocycles. The number of benzene rings is 4. The summed E-state index contributed by atoms with van der Waals surface area (Å²) in [5, 5.41) is 10.4. The molecule has 3 N–H and O–H groups in total. The molecule has 0 heterocycles. The average Bonchev–Trinajstić information content (AvgIpc) is 2.99. The number of hydrazone groups is 1. The Balaban J connectivity index is 1.27. The molecule has 0 unspecified atom stereocenters. The molecule has 0 saturated carbocycles. The van der Waals surface area contributed by atoms with E-state index in [4.69, 9.17) is 0 Å². The van der Waals surface area contributed by atoms with Crippen LogP contribution in [0.2, 0.25) is 0 Å². The molecular weight excluding hydrogens is 578 g/mol. The van der Waals surface area contributed by atoms with E-state index in [9.17, 15) is 9.59 Å². The summed E-state index contributed by atoms with van der Waals surface area (Å²) in [5.74, 6) is -0.727. The number of carbonyl (C=O) groups excluding carboxylic acids is 2. The minimum atomic E-state index is -0.429. The minimum Gasteiger partial charge on any atom is -0.375 e. The van der Waals surface area contributed by atoms with Gasteiger partial charge in [0.1, 0.15) is 0 Å². The zero-order valence-corrected chi connectivity index (χ0v) is 24.8. The average molecular weight is 613 g/mol. The third-order valence-electron chi connectivity index (χ3n) is 6.52. The smallest absolute Gasteiger partial charge is 0.273 e. The molecule has 4 aromatic carbocycles. The molecule has 4 aromatic rings. The zero-order valence-electron chi connectivity index (χ0n) is 23.2. The summed E-state index contributed by atoms with van der Waals surface area (Å²) in [6.45, 7) is 4.58. The van der Waals surface area contributed by atoms with Gasteiger partial charge < -0.3 is 15.5 Å². The maximum atomic E-state index is 13.0. The van der Waals surface area contributed by atoms with Gasteiger partial charge in [-0.2, -0.15) is 5.10 Å². The van der Waals surface area contributed by atoms with E-state index in [-0.39, 0.29) is 5.91 Å². The third kappa shape index (κ3) is 9.13. The molecule has 8 heteroatoms. The van der Waals surface area contributed by atoms with Crippen molar-refractivity contribution < 1.29 is 9.59 Å². The quantitative estimate of drug-likeness (QED) is 0.0984. The van der Waals surface area contributed by atoms with Gasteiger partial charge in [0.25, 0.3) is 11.8 Å². The summed E-state index contributed by atoms with van der Waals surface area (Å²) >= 11 is 3.40. The lowest BCUT2D eigenvalue weighted by Gasteiger charge is -2.19. The maximum absolute atomic E-state index is 13.0. The Hall–Kier alpha value is -4.27. The van der Waals surface area contributed by atoms with E-state index in [1.54, 1.807) is 36.5 Å². The van der Waals surface area contributed by atoms with Gasteiger partial charge in [-0.3, -0.25) is 9.59 Å². The molecule has 0 radical (unpaired) electrons. The maximum Gasteiger partial charge on any atom is 0.273 e. The highest BCUT2D eigenvalue weighted by atomic mass is 79.9. The van der Waals surface area contributed by atoms with Gasteiger partial charge in [-0.1, -0.05) is 76.1 Å². The second-order valence-corrected chi connectivity index (χ2v) is 10.7. The molecule has 0 aromatic heterocycles. The van der Waals surface area contributed by atoms with Gasteiger partial charge in [-0.15, -0.1) is 0 Å². The van der Waals surface area contributed by atoms with Crippen LogP contribution in [-0.2, 0) is 6.54 Å². The highest BCUT2D eigenvalue weighted by Crippen LogP contribution is 2.22. The number of nitrogens with zero attached hydrogens (tertiary/aromatic N) is 2. The molecule has 0 bridgehead atoms. The van der Waals surface area contributed by atoms with Crippen LogP contribution in [-0.4, -0.2) is 38.2 Å². The van der Waals surface area contributed by atoms with Crippen molar-refractivity contribution >= 4 is 45.3 Å². The number of hydrogen-bond acceptors (Lipinski definition) is 5. The van der Waals surface area contributed by atoms with Gasteiger partial charge in [0, 0.05) is 35.9 Å². The highest BCUT2D eigenvalue weighted by Gasteiger charge is 2.15. The van der Waals surface area contributed by atoms with Crippen LogP contribution in [0.4, 0.5) is 11.4 Å². The van der Waals surface area contributed by atoms with Crippen LogP contribution in [0.25, 0.3) is 0 Å². The van der Waals surface area contributed by atoms with Crippen LogP contribution in [0.5, 0.6) is 0 Å². The van der Waals surface area contributed by atoms with Gasteiger partial charge in [0.05, 0.1) is 17.5 Å². The van der Waals surface area contributed by atoms with E-state index in [1.807, 2.05) is 61.5 Å². The molecule has 41 heavy (non-hydrogen) atoms.